The molecule has 0 N–H and O–H groups in total. The van der Waals surface area contributed by atoms with Crippen molar-refractivity contribution in [2.24, 2.45) is 0 Å². The molecule has 0 amide bonds. The first-order chi connectivity index (χ1) is 7.74. The van der Waals surface area contributed by atoms with Gasteiger partial charge in [-0.25, -0.2) is 0 Å². The normalized spacial score (nSPS) is 18.0. The zero-order chi connectivity index (χ0) is 11.5. The van der Waals surface area contributed by atoms with Crippen molar-refractivity contribution >= 4 is 0 Å². The summed E-state index contributed by atoms with van der Waals surface area (Å²) < 4.78 is 7.60. The first-order valence-electron chi connectivity index (χ1n) is 6.00. The van der Waals surface area contributed by atoms with E-state index < -0.39 is 0 Å². The molecule has 2 rings (SSSR count). The van der Waals surface area contributed by atoms with Crippen molar-refractivity contribution in [3.63, 3.8) is 0 Å². The standard InChI is InChI=1S/C12H21N3O/c1-4-14(2)9-12(16-3)10-7-13-15(8-10)11-5-6-11/h7-8,11-12H,4-6,9H2,1-3H3. The lowest BCUT2D eigenvalue weighted by Gasteiger charge is -2.20. The fraction of sp³-hybridized carbons (Fsp3) is 0.750. The molecular formula is C12H21N3O. The van der Waals surface area contributed by atoms with E-state index in [-0.39, 0.29) is 6.10 Å². The molecule has 0 aromatic carbocycles. The Hall–Kier alpha value is -0.870. The lowest BCUT2D eigenvalue weighted by molar-refractivity contribution is 0.0730. The van der Waals surface area contributed by atoms with Gasteiger partial charge in [0.15, 0.2) is 0 Å². The van der Waals surface area contributed by atoms with Crippen LogP contribution in [-0.4, -0.2) is 41.9 Å². The van der Waals surface area contributed by atoms with Crippen molar-refractivity contribution in [2.75, 3.05) is 27.2 Å². The molecule has 1 saturated carbocycles. The van der Waals surface area contributed by atoms with Crippen LogP contribution in [0.2, 0.25) is 0 Å². The molecule has 4 heteroatoms. The van der Waals surface area contributed by atoms with E-state index in [4.69, 9.17) is 4.74 Å². The summed E-state index contributed by atoms with van der Waals surface area (Å²) in [6, 6.07) is 0.648. The van der Waals surface area contributed by atoms with Crippen molar-refractivity contribution in [1.29, 1.82) is 0 Å². The summed E-state index contributed by atoms with van der Waals surface area (Å²) in [5, 5.41) is 4.40. The lowest BCUT2D eigenvalue weighted by atomic mass is 10.2. The third-order valence-corrected chi connectivity index (χ3v) is 3.22. The van der Waals surface area contributed by atoms with Crippen LogP contribution < -0.4 is 0 Å². The molecule has 1 atom stereocenters. The van der Waals surface area contributed by atoms with E-state index in [0.717, 1.165) is 13.1 Å². The van der Waals surface area contributed by atoms with Gasteiger partial charge in [-0.2, -0.15) is 5.10 Å². The number of hydrogen-bond acceptors (Lipinski definition) is 3. The Morgan fingerprint density at radius 3 is 2.94 bits per heavy atom. The van der Waals surface area contributed by atoms with Gasteiger partial charge in [0.1, 0.15) is 0 Å². The number of rotatable bonds is 6. The van der Waals surface area contributed by atoms with Crippen molar-refractivity contribution in [1.82, 2.24) is 14.7 Å². The topological polar surface area (TPSA) is 30.3 Å². The third-order valence-electron chi connectivity index (χ3n) is 3.22. The van der Waals surface area contributed by atoms with Crippen LogP contribution in [0.25, 0.3) is 0 Å². The molecule has 1 aromatic heterocycles. The second kappa shape index (κ2) is 4.97. The number of likely N-dealkylation sites (N-methyl/N-ethyl adjacent to an activating group) is 1. The Morgan fingerprint density at radius 1 is 1.62 bits per heavy atom. The SMILES string of the molecule is CCN(C)CC(OC)c1cnn(C2CC2)c1. The smallest absolute Gasteiger partial charge is 0.0978 e. The Balaban J connectivity index is 2.00. The van der Waals surface area contributed by atoms with Gasteiger partial charge in [-0.15, -0.1) is 0 Å². The van der Waals surface area contributed by atoms with Crippen LogP contribution in [0.4, 0.5) is 0 Å². The van der Waals surface area contributed by atoms with Crippen LogP contribution in [0.3, 0.4) is 0 Å². The van der Waals surface area contributed by atoms with Crippen LogP contribution in [0.1, 0.15) is 37.5 Å². The summed E-state index contributed by atoms with van der Waals surface area (Å²) in [5.74, 6) is 0. The van der Waals surface area contributed by atoms with Crippen LogP contribution in [0.15, 0.2) is 12.4 Å². The highest BCUT2D eigenvalue weighted by Gasteiger charge is 2.25. The first-order valence-corrected chi connectivity index (χ1v) is 6.00. The Bertz CT molecular complexity index is 333. The Kier molecular flexibility index (Phi) is 3.61. The summed E-state index contributed by atoms with van der Waals surface area (Å²) in [5.41, 5.74) is 1.19. The second-order valence-electron chi connectivity index (χ2n) is 4.56. The molecule has 1 aromatic rings. The predicted molar refractivity (Wildman–Crippen MR) is 63.4 cm³/mol. The zero-order valence-electron chi connectivity index (χ0n) is 10.4. The van der Waals surface area contributed by atoms with Crippen molar-refractivity contribution in [2.45, 2.75) is 31.9 Å². The molecule has 1 aliphatic carbocycles. The van der Waals surface area contributed by atoms with E-state index in [2.05, 4.69) is 34.8 Å². The number of methoxy groups -OCH3 is 1. The fourth-order valence-corrected chi connectivity index (χ4v) is 1.79. The highest BCUT2D eigenvalue weighted by Crippen LogP contribution is 2.34. The minimum atomic E-state index is 0.137. The molecule has 0 saturated heterocycles. The van der Waals surface area contributed by atoms with E-state index >= 15 is 0 Å². The largest absolute Gasteiger partial charge is 0.375 e. The van der Waals surface area contributed by atoms with Crippen molar-refractivity contribution < 1.29 is 4.74 Å². The van der Waals surface area contributed by atoms with Gasteiger partial charge in [-0.3, -0.25) is 4.68 Å². The van der Waals surface area contributed by atoms with Gasteiger partial charge in [0.05, 0.1) is 18.3 Å². The quantitative estimate of drug-likeness (QED) is 0.737. The van der Waals surface area contributed by atoms with Gasteiger partial charge >= 0.3 is 0 Å². The summed E-state index contributed by atoms with van der Waals surface area (Å²) in [6.07, 6.45) is 6.75. The molecule has 4 nitrogen and oxygen atoms in total. The van der Waals surface area contributed by atoms with Crippen molar-refractivity contribution in [3.05, 3.63) is 18.0 Å². The van der Waals surface area contributed by atoms with Crippen LogP contribution in [0.5, 0.6) is 0 Å². The molecular weight excluding hydrogens is 202 g/mol. The second-order valence-corrected chi connectivity index (χ2v) is 4.56. The third kappa shape index (κ3) is 2.62. The van der Waals surface area contributed by atoms with E-state index in [1.165, 1.54) is 18.4 Å². The van der Waals surface area contributed by atoms with E-state index in [0.29, 0.717) is 6.04 Å². The molecule has 0 aliphatic heterocycles. The number of ether oxygens (including phenoxy) is 1. The van der Waals surface area contributed by atoms with Gasteiger partial charge in [0, 0.05) is 25.4 Å². The molecule has 90 valence electrons. The summed E-state index contributed by atoms with van der Waals surface area (Å²) in [7, 11) is 3.87. The minimum Gasteiger partial charge on any atom is -0.375 e. The van der Waals surface area contributed by atoms with E-state index in [1.54, 1.807) is 7.11 Å². The van der Waals surface area contributed by atoms with Crippen LogP contribution in [0, 0.1) is 0 Å². The summed E-state index contributed by atoms with van der Waals surface area (Å²) >= 11 is 0. The van der Waals surface area contributed by atoms with Crippen molar-refractivity contribution in [3.8, 4) is 0 Å². The predicted octanol–water partition coefficient (Wildman–Crippen LogP) is 1.86. The number of aromatic nitrogens is 2. The fourth-order valence-electron chi connectivity index (χ4n) is 1.79. The highest BCUT2D eigenvalue weighted by molar-refractivity contribution is 5.10. The van der Waals surface area contributed by atoms with Gasteiger partial charge in [-0.05, 0) is 26.4 Å². The average molecular weight is 223 g/mol. The molecule has 0 spiro atoms. The van der Waals surface area contributed by atoms with Gasteiger partial charge in [0.2, 0.25) is 0 Å². The molecule has 1 fully saturated rings. The molecule has 16 heavy (non-hydrogen) atoms. The van der Waals surface area contributed by atoms with Gasteiger partial charge < -0.3 is 9.64 Å². The van der Waals surface area contributed by atoms with Crippen LogP contribution >= 0.6 is 0 Å². The maximum Gasteiger partial charge on any atom is 0.0978 e. The lowest BCUT2D eigenvalue weighted by Crippen LogP contribution is -2.25. The van der Waals surface area contributed by atoms with E-state index in [9.17, 15) is 0 Å². The monoisotopic (exact) mass is 223 g/mol. The van der Waals surface area contributed by atoms with Crippen LogP contribution in [-0.2, 0) is 4.74 Å². The minimum absolute atomic E-state index is 0.137. The number of nitrogens with zero attached hydrogens (tertiary/aromatic N) is 3. The van der Waals surface area contributed by atoms with E-state index in [1.807, 2.05) is 6.20 Å². The van der Waals surface area contributed by atoms with Gasteiger partial charge in [0.25, 0.3) is 0 Å². The molecule has 1 heterocycles. The molecule has 0 radical (unpaired) electrons. The Labute approximate surface area is 97.2 Å². The summed E-state index contributed by atoms with van der Waals surface area (Å²) in [6.45, 7) is 4.11. The molecule has 0 bridgehead atoms. The highest BCUT2D eigenvalue weighted by atomic mass is 16.5. The maximum atomic E-state index is 5.53. The molecule has 1 aliphatic rings. The zero-order valence-corrected chi connectivity index (χ0v) is 10.4. The summed E-state index contributed by atoms with van der Waals surface area (Å²) in [4.78, 5) is 2.25. The maximum absolute atomic E-state index is 5.53. The Morgan fingerprint density at radius 2 is 2.38 bits per heavy atom. The number of hydrogen-bond donors (Lipinski definition) is 0. The van der Waals surface area contributed by atoms with Gasteiger partial charge in [-0.1, -0.05) is 6.92 Å². The molecule has 1 unspecified atom stereocenters. The average Bonchev–Trinajstić information content (AvgIpc) is 3.04. The first kappa shape index (κ1) is 11.6.